The van der Waals surface area contributed by atoms with Crippen LogP contribution < -0.4 is 25.0 Å². The number of carbonyl (C=O) groups excluding carboxylic acids is 1. The van der Waals surface area contributed by atoms with Crippen molar-refractivity contribution in [2.24, 2.45) is 5.10 Å². The molecule has 0 heterocycles. The zero-order chi connectivity index (χ0) is 18.1. The zero-order valence-corrected chi connectivity index (χ0v) is 14.4. The number of benzene rings is 2. The Hall–Kier alpha value is -3.22. The summed E-state index contributed by atoms with van der Waals surface area (Å²) in [4.78, 5) is 11.8. The first kappa shape index (κ1) is 18.1. The summed E-state index contributed by atoms with van der Waals surface area (Å²) in [6, 6.07) is 12.6. The Morgan fingerprint density at radius 3 is 2.32 bits per heavy atom. The topological polar surface area (TPSA) is 81.2 Å². The first-order chi connectivity index (χ1) is 12.2. The number of rotatable bonds is 8. The van der Waals surface area contributed by atoms with Gasteiger partial charge in [0.15, 0.2) is 0 Å². The van der Waals surface area contributed by atoms with Gasteiger partial charge in [0.1, 0.15) is 17.2 Å². The van der Waals surface area contributed by atoms with Crippen LogP contribution >= 0.6 is 0 Å². The van der Waals surface area contributed by atoms with E-state index in [9.17, 15) is 4.79 Å². The molecule has 132 valence electrons. The van der Waals surface area contributed by atoms with E-state index in [0.29, 0.717) is 11.5 Å². The number of hydrazone groups is 1. The average Bonchev–Trinajstić information content (AvgIpc) is 2.66. The van der Waals surface area contributed by atoms with Crippen molar-refractivity contribution in [2.45, 2.75) is 0 Å². The fourth-order valence-corrected chi connectivity index (χ4v) is 2.03. The zero-order valence-electron chi connectivity index (χ0n) is 14.4. The van der Waals surface area contributed by atoms with Gasteiger partial charge in [-0.3, -0.25) is 4.79 Å². The van der Waals surface area contributed by atoms with E-state index in [0.717, 1.165) is 17.0 Å². The minimum atomic E-state index is -0.264. The molecule has 25 heavy (non-hydrogen) atoms. The van der Waals surface area contributed by atoms with E-state index in [1.165, 1.54) is 6.21 Å². The Bertz CT molecular complexity index is 730. The monoisotopic (exact) mass is 343 g/mol. The third kappa shape index (κ3) is 5.42. The summed E-state index contributed by atoms with van der Waals surface area (Å²) < 4.78 is 15.5. The Balaban J connectivity index is 1.85. The van der Waals surface area contributed by atoms with Gasteiger partial charge in [-0.25, -0.2) is 5.43 Å². The van der Waals surface area contributed by atoms with E-state index in [2.05, 4.69) is 15.8 Å². The number of nitrogens with zero attached hydrogens (tertiary/aromatic N) is 1. The van der Waals surface area contributed by atoms with Crippen LogP contribution in [0.5, 0.6) is 17.2 Å². The van der Waals surface area contributed by atoms with Gasteiger partial charge in [0, 0.05) is 17.3 Å². The average molecular weight is 343 g/mol. The van der Waals surface area contributed by atoms with Crippen molar-refractivity contribution in [3.05, 3.63) is 48.0 Å². The van der Waals surface area contributed by atoms with Crippen molar-refractivity contribution in [3.63, 3.8) is 0 Å². The maximum Gasteiger partial charge on any atom is 0.259 e. The highest BCUT2D eigenvalue weighted by Crippen LogP contribution is 2.23. The van der Waals surface area contributed by atoms with Gasteiger partial charge in [-0.1, -0.05) is 0 Å². The molecule has 2 aromatic carbocycles. The molecular formula is C18H21N3O4. The van der Waals surface area contributed by atoms with E-state index < -0.39 is 0 Å². The Morgan fingerprint density at radius 1 is 1.00 bits per heavy atom. The molecule has 0 radical (unpaired) electrons. The maximum absolute atomic E-state index is 11.8. The van der Waals surface area contributed by atoms with Crippen LogP contribution in [-0.4, -0.2) is 40.0 Å². The summed E-state index contributed by atoms with van der Waals surface area (Å²) in [5.74, 6) is 1.78. The number of hydrogen-bond donors (Lipinski definition) is 2. The van der Waals surface area contributed by atoms with Gasteiger partial charge in [-0.05, 0) is 36.4 Å². The number of anilines is 1. The lowest BCUT2D eigenvalue weighted by atomic mass is 10.2. The second kappa shape index (κ2) is 9.17. The predicted octanol–water partition coefficient (Wildman–Crippen LogP) is 2.27. The fourth-order valence-electron chi connectivity index (χ4n) is 2.03. The van der Waals surface area contributed by atoms with E-state index in [4.69, 9.17) is 14.2 Å². The van der Waals surface area contributed by atoms with Crippen LogP contribution in [0.2, 0.25) is 0 Å². The Morgan fingerprint density at radius 2 is 1.68 bits per heavy atom. The Labute approximate surface area is 146 Å². The molecule has 0 saturated heterocycles. The molecule has 0 unspecified atom stereocenters. The largest absolute Gasteiger partial charge is 0.497 e. The van der Waals surface area contributed by atoms with Crippen molar-refractivity contribution >= 4 is 17.8 Å². The fraction of sp³-hybridized carbons (Fsp3) is 0.222. The van der Waals surface area contributed by atoms with Crippen LogP contribution in [0, 0.1) is 0 Å². The molecular weight excluding hydrogens is 322 g/mol. The number of carbonyl (C=O) groups is 1. The smallest absolute Gasteiger partial charge is 0.259 e. The second-order valence-corrected chi connectivity index (χ2v) is 4.98. The lowest BCUT2D eigenvalue weighted by Crippen LogP contribution is -2.25. The summed E-state index contributed by atoms with van der Waals surface area (Å²) in [6.45, 7) is 0.101. The first-order valence-corrected chi connectivity index (χ1v) is 7.58. The molecule has 7 nitrogen and oxygen atoms in total. The molecule has 0 fully saturated rings. The van der Waals surface area contributed by atoms with E-state index in [1.807, 2.05) is 24.3 Å². The predicted molar refractivity (Wildman–Crippen MR) is 96.8 cm³/mol. The van der Waals surface area contributed by atoms with Crippen LogP contribution in [-0.2, 0) is 4.79 Å². The molecule has 7 heteroatoms. The normalized spacial score (nSPS) is 10.4. The van der Waals surface area contributed by atoms with E-state index in [-0.39, 0.29) is 12.5 Å². The van der Waals surface area contributed by atoms with Crippen LogP contribution in [0.4, 0.5) is 5.69 Å². The van der Waals surface area contributed by atoms with Gasteiger partial charge in [-0.15, -0.1) is 0 Å². The molecule has 0 aliphatic heterocycles. The van der Waals surface area contributed by atoms with Crippen molar-refractivity contribution < 1.29 is 19.0 Å². The van der Waals surface area contributed by atoms with Crippen LogP contribution in [0.15, 0.2) is 47.6 Å². The third-order valence-electron chi connectivity index (χ3n) is 3.38. The Kier molecular flexibility index (Phi) is 6.65. The van der Waals surface area contributed by atoms with Crippen LogP contribution in [0.25, 0.3) is 0 Å². The number of hydrogen-bond acceptors (Lipinski definition) is 6. The van der Waals surface area contributed by atoms with Gasteiger partial charge in [0.25, 0.3) is 5.91 Å². The molecule has 2 rings (SSSR count). The molecule has 2 N–H and O–H groups in total. The second-order valence-electron chi connectivity index (χ2n) is 4.98. The van der Waals surface area contributed by atoms with Gasteiger partial charge in [-0.2, -0.15) is 5.10 Å². The molecule has 0 spiro atoms. The molecule has 1 amide bonds. The molecule has 2 aromatic rings. The van der Waals surface area contributed by atoms with Gasteiger partial charge in [0.2, 0.25) is 0 Å². The molecule has 0 aliphatic carbocycles. The van der Waals surface area contributed by atoms with Gasteiger partial charge < -0.3 is 19.5 Å². The van der Waals surface area contributed by atoms with E-state index >= 15 is 0 Å². The standard InChI is InChI=1S/C18H21N3O4/c1-23-15-8-5-14(6-9-15)19-12-18(22)21-20-11-13-4-7-16(24-2)10-17(13)25-3/h4-11,19H,12H2,1-3H3,(H,21,22)/b20-11+. The minimum absolute atomic E-state index is 0.101. The summed E-state index contributed by atoms with van der Waals surface area (Å²) in [7, 11) is 4.74. The SMILES string of the molecule is COc1ccc(NCC(=O)N/N=C/c2ccc(OC)cc2OC)cc1. The summed E-state index contributed by atoms with van der Waals surface area (Å²) in [5.41, 5.74) is 4.01. The van der Waals surface area contributed by atoms with E-state index in [1.54, 1.807) is 39.5 Å². The molecule has 0 atom stereocenters. The number of nitrogens with one attached hydrogen (secondary N) is 2. The van der Waals surface area contributed by atoms with Crippen molar-refractivity contribution in [3.8, 4) is 17.2 Å². The minimum Gasteiger partial charge on any atom is -0.497 e. The summed E-state index contributed by atoms with van der Waals surface area (Å²) in [5, 5.41) is 6.94. The third-order valence-corrected chi connectivity index (χ3v) is 3.38. The first-order valence-electron chi connectivity index (χ1n) is 7.58. The molecule has 0 bridgehead atoms. The molecule has 0 aliphatic rings. The maximum atomic E-state index is 11.8. The van der Waals surface area contributed by atoms with Crippen molar-refractivity contribution in [2.75, 3.05) is 33.2 Å². The molecule has 0 saturated carbocycles. The van der Waals surface area contributed by atoms with Crippen LogP contribution in [0.1, 0.15) is 5.56 Å². The number of methoxy groups -OCH3 is 3. The molecule has 0 aromatic heterocycles. The van der Waals surface area contributed by atoms with Crippen molar-refractivity contribution in [1.82, 2.24) is 5.43 Å². The van der Waals surface area contributed by atoms with Gasteiger partial charge >= 0.3 is 0 Å². The highest BCUT2D eigenvalue weighted by molar-refractivity contribution is 5.86. The number of amides is 1. The summed E-state index contributed by atoms with van der Waals surface area (Å²) >= 11 is 0. The highest BCUT2D eigenvalue weighted by atomic mass is 16.5. The van der Waals surface area contributed by atoms with Gasteiger partial charge in [0.05, 0.1) is 34.1 Å². The lowest BCUT2D eigenvalue weighted by molar-refractivity contribution is -0.119. The van der Waals surface area contributed by atoms with Crippen LogP contribution in [0.3, 0.4) is 0 Å². The number of ether oxygens (including phenoxy) is 3. The highest BCUT2D eigenvalue weighted by Gasteiger charge is 2.03. The van der Waals surface area contributed by atoms with Crippen molar-refractivity contribution in [1.29, 1.82) is 0 Å². The lowest BCUT2D eigenvalue weighted by Gasteiger charge is -2.07. The quantitative estimate of drug-likeness (QED) is 0.568. The summed E-state index contributed by atoms with van der Waals surface area (Å²) in [6.07, 6.45) is 1.52.